The van der Waals surface area contributed by atoms with Gasteiger partial charge in [0.2, 0.25) is 5.91 Å². The smallest absolute Gasteiger partial charge is 0.262 e. The summed E-state index contributed by atoms with van der Waals surface area (Å²) in [4.78, 5) is 29.5. The van der Waals surface area contributed by atoms with Gasteiger partial charge in [0, 0.05) is 6.54 Å². The Labute approximate surface area is 172 Å². The predicted octanol–water partition coefficient (Wildman–Crippen LogP) is 2.46. The van der Waals surface area contributed by atoms with Crippen molar-refractivity contribution in [1.29, 1.82) is 0 Å². The van der Waals surface area contributed by atoms with Crippen LogP contribution in [-0.4, -0.2) is 40.5 Å². The Morgan fingerprint density at radius 3 is 2.79 bits per heavy atom. The molecule has 1 aliphatic heterocycles. The van der Waals surface area contributed by atoms with Crippen molar-refractivity contribution in [2.24, 2.45) is 0 Å². The van der Waals surface area contributed by atoms with Crippen LogP contribution in [0.15, 0.2) is 58.5 Å². The summed E-state index contributed by atoms with van der Waals surface area (Å²) in [5.41, 5.74) is 0.545. The first-order valence-electron chi connectivity index (χ1n) is 9.43. The maximum Gasteiger partial charge on any atom is 0.262 e. The molecule has 150 valence electrons. The number of carbonyl (C=O) groups is 1. The van der Waals surface area contributed by atoms with Crippen LogP contribution in [0.25, 0.3) is 10.9 Å². The van der Waals surface area contributed by atoms with Gasteiger partial charge in [0.15, 0.2) is 16.7 Å². The topological polar surface area (TPSA) is 82.5 Å². The van der Waals surface area contributed by atoms with Gasteiger partial charge in [-0.2, -0.15) is 0 Å². The minimum Gasteiger partial charge on any atom is -0.486 e. The normalized spacial score (nSPS) is 15.3. The van der Waals surface area contributed by atoms with Crippen molar-refractivity contribution in [3.05, 3.63) is 58.9 Å². The van der Waals surface area contributed by atoms with Crippen LogP contribution in [0.5, 0.6) is 11.5 Å². The van der Waals surface area contributed by atoms with Gasteiger partial charge in [-0.25, -0.2) is 4.98 Å². The Morgan fingerprint density at radius 2 is 1.97 bits per heavy atom. The van der Waals surface area contributed by atoms with Crippen molar-refractivity contribution in [2.45, 2.75) is 24.7 Å². The van der Waals surface area contributed by atoms with Gasteiger partial charge in [-0.3, -0.25) is 14.2 Å². The Kier molecular flexibility index (Phi) is 5.71. The van der Waals surface area contributed by atoms with Gasteiger partial charge in [-0.15, -0.1) is 0 Å². The molecule has 0 saturated carbocycles. The summed E-state index contributed by atoms with van der Waals surface area (Å²) < 4.78 is 13.1. The number of hydrogen-bond donors (Lipinski definition) is 1. The van der Waals surface area contributed by atoms with Gasteiger partial charge < -0.3 is 14.8 Å². The van der Waals surface area contributed by atoms with Crippen molar-refractivity contribution in [3.63, 3.8) is 0 Å². The largest absolute Gasteiger partial charge is 0.486 e. The number of nitrogens with one attached hydrogen (secondary N) is 1. The Balaban J connectivity index is 1.36. The first-order chi connectivity index (χ1) is 14.2. The molecule has 1 amide bonds. The number of aromatic nitrogens is 2. The second kappa shape index (κ2) is 8.57. The van der Waals surface area contributed by atoms with Crippen LogP contribution in [0.1, 0.15) is 6.92 Å². The fourth-order valence-corrected chi connectivity index (χ4v) is 4.00. The summed E-state index contributed by atoms with van der Waals surface area (Å²) in [6, 6.07) is 14.7. The molecule has 0 fully saturated rings. The fraction of sp³-hybridized carbons (Fsp3) is 0.286. The van der Waals surface area contributed by atoms with Crippen LogP contribution >= 0.6 is 11.8 Å². The van der Waals surface area contributed by atoms with E-state index in [9.17, 15) is 9.59 Å². The molecule has 2 aromatic carbocycles. The molecule has 1 atom stereocenters. The number of amides is 1. The standard InChI is InChI=1S/C21H21N3O4S/c1-2-24-20(26)15-7-3-4-8-16(15)23-21(24)29-13-19(25)22-11-14-12-27-17-9-5-6-10-18(17)28-14/h3-10,14H,2,11-13H2,1H3,(H,22,25). The zero-order valence-corrected chi connectivity index (χ0v) is 16.8. The third-order valence-corrected chi connectivity index (χ3v) is 5.55. The van der Waals surface area contributed by atoms with Gasteiger partial charge in [-0.05, 0) is 31.2 Å². The SMILES string of the molecule is CCn1c(SCC(=O)NCC2COc3ccccc3O2)nc2ccccc2c1=O. The summed E-state index contributed by atoms with van der Waals surface area (Å²) in [6.45, 7) is 3.11. The van der Waals surface area contributed by atoms with E-state index in [0.717, 1.165) is 0 Å². The van der Waals surface area contributed by atoms with E-state index in [-0.39, 0.29) is 23.3 Å². The summed E-state index contributed by atoms with van der Waals surface area (Å²) in [7, 11) is 0. The third kappa shape index (κ3) is 4.22. The van der Waals surface area contributed by atoms with E-state index in [1.54, 1.807) is 16.7 Å². The van der Waals surface area contributed by atoms with Crippen molar-refractivity contribution in [1.82, 2.24) is 14.9 Å². The van der Waals surface area contributed by atoms with Gasteiger partial charge in [0.05, 0.1) is 23.2 Å². The molecule has 1 N–H and O–H groups in total. The van der Waals surface area contributed by atoms with Crippen LogP contribution in [0.4, 0.5) is 0 Å². The maximum atomic E-state index is 12.6. The van der Waals surface area contributed by atoms with E-state index < -0.39 is 0 Å². The molecule has 7 nitrogen and oxygen atoms in total. The minimum absolute atomic E-state index is 0.0903. The predicted molar refractivity (Wildman–Crippen MR) is 112 cm³/mol. The third-order valence-electron chi connectivity index (χ3n) is 4.57. The van der Waals surface area contributed by atoms with E-state index in [1.807, 2.05) is 43.3 Å². The number of rotatable bonds is 6. The number of para-hydroxylation sites is 3. The summed E-state index contributed by atoms with van der Waals surface area (Å²) in [5, 5.41) is 3.98. The average Bonchev–Trinajstić information content (AvgIpc) is 2.76. The lowest BCUT2D eigenvalue weighted by molar-refractivity contribution is -0.119. The first-order valence-corrected chi connectivity index (χ1v) is 10.4. The lowest BCUT2D eigenvalue weighted by Crippen LogP contribution is -2.41. The molecule has 0 saturated heterocycles. The highest BCUT2D eigenvalue weighted by atomic mass is 32.2. The molecule has 1 unspecified atom stereocenters. The number of thioether (sulfide) groups is 1. The molecular weight excluding hydrogens is 390 g/mol. The van der Waals surface area contributed by atoms with Crippen LogP contribution in [0, 0.1) is 0 Å². The molecule has 1 aliphatic rings. The molecule has 0 bridgehead atoms. The molecule has 8 heteroatoms. The van der Waals surface area contributed by atoms with E-state index in [1.165, 1.54) is 11.8 Å². The van der Waals surface area contributed by atoms with Gasteiger partial charge in [-0.1, -0.05) is 36.0 Å². The fourth-order valence-electron chi connectivity index (χ4n) is 3.11. The Bertz CT molecular complexity index is 1100. The molecule has 0 radical (unpaired) electrons. The second-order valence-corrected chi connectivity index (χ2v) is 7.49. The summed E-state index contributed by atoms with van der Waals surface area (Å²) >= 11 is 1.25. The molecule has 0 aliphatic carbocycles. The maximum absolute atomic E-state index is 12.6. The monoisotopic (exact) mass is 411 g/mol. The quantitative estimate of drug-likeness (QED) is 0.496. The minimum atomic E-state index is -0.244. The second-order valence-electron chi connectivity index (χ2n) is 6.55. The molecule has 2 heterocycles. The molecule has 4 rings (SSSR count). The van der Waals surface area contributed by atoms with Crippen LogP contribution in [0.3, 0.4) is 0 Å². The number of ether oxygens (including phenoxy) is 2. The van der Waals surface area contributed by atoms with E-state index in [2.05, 4.69) is 10.3 Å². The lowest BCUT2D eigenvalue weighted by Gasteiger charge is -2.26. The highest BCUT2D eigenvalue weighted by Crippen LogP contribution is 2.30. The number of benzene rings is 2. The van der Waals surface area contributed by atoms with Gasteiger partial charge >= 0.3 is 0 Å². The highest BCUT2D eigenvalue weighted by molar-refractivity contribution is 7.99. The van der Waals surface area contributed by atoms with Crippen molar-refractivity contribution < 1.29 is 14.3 Å². The van der Waals surface area contributed by atoms with Crippen LogP contribution in [0.2, 0.25) is 0 Å². The van der Waals surface area contributed by atoms with E-state index in [0.29, 0.717) is 47.3 Å². The Hall–Kier alpha value is -3.00. The number of nitrogens with zero attached hydrogens (tertiary/aromatic N) is 2. The average molecular weight is 411 g/mol. The highest BCUT2D eigenvalue weighted by Gasteiger charge is 2.21. The summed E-state index contributed by atoms with van der Waals surface area (Å²) in [5.74, 6) is 1.40. The molecular formula is C21H21N3O4S. The molecule has 0 spiro atoms. The Morgan fingerprint density at radius 1 is 1.21 bits per heavy atom. The number of hydrogen-bond acceptors (Lipinski definition) is 6. The van der Waals surface area contributed by atoms with Gasteiger partial charge in [0.25, 0.3) is 5.56 Å². The van der Waals surface area contributed by atoms with Crippen molar-refractivity contribution >= 4 is 28.6 Å². The zero-order chi connectivity index (χ0) is 20.2. The number of fused-ring (bicyclic) bond motifs is 2. The zero-order valence-electron chi connectivity index (χ0n) is 16.0. The molecule has 1 aromatic heterocycles. The van der Waals surface area contributed by atoms with Crippen LogP contribution in [-0.2, 0) is 11.3 Å². The lowest BCUT2D eigenvalue weighted by atomic mass is 10.2. The van der Waals surface area contributed by atoms with Crippen LogP contribution < -0.4 is 20.3 Å². The molecule has 3 aromatic rings. The van der Waals surface area contributed by atoms with E-state index >= 15 is 0 Å². The molecule has 29 heavy (non-hydrogen) atoms. The van der Waals surface area contributed by atoms with Crippen molar-refractivity contribution in [3.8, 4) is 11.5 Å². The van der Waals surface area contributed by atoms with Crippen molar-refractivity contribution in [2.75, 3.05) is 18.9 Å². The van der Waals surface area contributed by atoms with Gasteiger partial charge in [0.1, 0.15) is 12.7 Å². The van der Waals surface area contributed by atoms with E-state index in [4.69, 9.17) is 9.47 Å². The summed E-state index contributed by atoms with van der Waals surface area (Å²) in [6.07, 6.45) is -0.244. The number of carbonyl (C=O) groups excluding carboxylic acids is 1. The first kappa shape index (κ1) is 19.3.